The Kier molecular flexibility index (Phi) is 3.41. The predicted octanol–water partition coefficient (Wildman–Crippen LogP) is 2.72. The summed E-state index contributed by atoms with van der Waals surface area (Å²) >= 11 is 3.64. The highest BCUT2D eigenvalue weighted by Crippen LogP contribution is 2.39. The summed E-state index contributed by atoms with van der Waals surface area (Å²) < 4.78 is 0. The maximum atomic E-state index is 5.62. The van der Waals surface area contributed by atoms with Crippen molar-refractivity contribution in [1.82, 2.24) is 9.97 Å². The van der Waals surface area contributed by atoms with Crippen LogP contribution in [0.5, 0.6) is 0 Å². The Morgan fingerprint density at radius 2 is 2.28 bits per heavy atom. The van der Waals surface area contributed by atoms with Crippen molar-refractivity contribution in [2.75, 3.05) is 11.2 Å². The summed E-state index contributed by atoms with van der Waals surface area (Å²) in [7, 11) is 0. The number of nitrogens with two attached hydrogens (primary N) is 1. The van der Waals surface area contributed by atoms with Crippen LogP contribution in [0.1, 0.15) is 29.6 Å². The minimum atomic E-state index is 0.797. The second kappa shape index (κ2) is 5.03. The predicted molar refractivity (Wildman–Crippen MR) is 79.1 cm³/mol. The minimum Gasteiger partial charge on any atom is -0.308 e. The van der Waals surface area contributed by atoms with Crippen LogP contribution in [-0.4, -0.2) is 15.7 Å². The van der Waals surface area contributed by atoms with Crippen LogP contribution in [0.4, 0.5) is 5.82 Å². The highest BCUT2D eigenvalue weighted by atomic mass is 32.2. The number of nitrogens with zero attached hydrogens (tertiary/aromatic N) is 2. The van der Waals surface area contributed by atoms with Gasteiger partial charge in [-0.2, -0.15) is 11.8 Å². The van der Waals surface area contributed by atoms with E-state index in [1.165, 1.54) is 23.3 Å². The van der Waals surface area contributed by atoms with Gasteiger partial charge in [-0.05, 0) is 30.6 Å². The second-order valence-electron chi connectivity index (χ2n) is 4.31. The number of fused-ring (bicyclic) bond motifs is 3. The van der Waals surface area contributed by atoms with Crippen molar-refractivity contribution >= 4 is 39.1 Å². The molecule has 3 N–H and O–H groups in total. The van der Waals surface area contributed by atoms with Gasteiger partial charge in [-0.25, -0.2) is 15.8 Å². The molecule has 0 amide bonds. The van der Waals surface area contributed by atoms with Crippen molar-refractivity contribution in [3.8, 4) is 0 Å². The molecule has 4 nitrogen and oxygen atoms in total. The molecule has 2 heterocycles. The molecule has 18 heavy (non-hydrogen) atoms. The maximum Gasteiger partial charge on any atom is 0.152 e. The summed E-state index contributed by atoms with van der Waals surface area (Å²) in [5.74, 6) is 9.23. The van der Waals surface area contributed by atoms with Crippen molar-refractivity contribution in [3.05, 3.63) is 16.3 Å². The Morgan fingerprint density at radius 3 is 3.06 bits per heavy atom. The van der Waals surface area contributed by atoms with E-state index in [2.05, 4.69) is 22.3 Å². The van der Waals surface area contributed by atoms with E-state index in [0.29, 0.717) is 0 Å². The quantitative estimate of drug-likeness (QED) is 0.666. The second-order valence-corrected chi connectivity index (χ2v) is 6.67. The molecular weight excluding hydrogens is 264 g/mol. The molecule has 6 heteroatoms. The molecule has 0 saturated carbocycles. The smallest absolute Gasteiger partial charge is 0.152 e. The third kappa shape index (κ3) is 1.98. The minimum absolute atomic E-state index is 0.797. The van der Waals surface area contributed by atoms with Crippen LogP contribution in [-0.2, 0) is 18.6 Å². The molecule has 0 saturated heterocycles. The zero-order valence-corrected chi connectivity index (χ0v) is 12.0. The molecule has 0 aromatic carbocycles. The molecule has 96 valence electrons. The number of nitrogen functional groups attached to an aromatic ring is 1. The van der Waals surface area contributed by atoms with Gasteiger partial charge in [-0.3, -0.25) is 0 Å². The van der Waals surface area contributed by atoms with Crippen molar-refractivity contribution in [1.29, 1.82) is 0 Å². The van der Waals surface area contributed by atoms with Gasteiger partial charge in [-0.15, -0.1) is 11.3 Å². The average molecular weight is 280 g/mol. The molecule has 0 radical (unpaired) electrons. The fourth-order valence-electron chi connectivity index (χ4n) is 2.40. The SMILES string of the molecule is CCSCc1nc(NN)c2c3c(sc2n1)CCC3. The maximum absolute atomic E-state index is 5.62. The number of aromatic nitrogens is 2. The fraction of sp³-hybridized carbons (Fsp3) is 0.500. The van der Waals surface area contributed by atoms with E-state index in [1.54, 1.807) is 0 Å². The van der Waals surface area contributed by atoms with E-state index in [-0.39, 0.29) is 0 Å². The molecule has 0 fully saturated rings. The first kappa shape index (κ1) is 12.2. The Morgan fingerprint density at radius 1 is 1.39 bits per heavy atom. The number of thiophene rings is 1. The standard InChI is InChI=1S/C12H16N4S2/c1-2-17-6-9-14-11(16-13)10-7-4-3-5-8(7)18-12(10)15-9/h2-6,13H2,1H3,(H,14,15,16). The first-order valence-electron chi connectivity index (χ1n) is 6.19. The van der Waals surface area contributed by atoms with E-state index in [1.807, 2.05) is 23.1 Å². The molecule has 3 rings (SSSR count). The highest BCUT2D eigenvalue weighted by Gasteiger charge is 2.21. The fourth-order valence-corrected chi connectivity index (χ4v) is 4.20. The normalized spacial score (nSPS) is 14.1. The monoisotopic (exact) mass is 280 g/mol. The number of anilines is 1. The molecule has 1 aliphatic rings. The lowest BCUT2D eigenvalue weighted by molar-refractivity contribution is 0.916. The van der Waals surface area contributed by atoms with Gasteiger partial charge in [0, 0.05) is 4.88 Å². The Labute approximate surface area is 114 Å². The molecule has 0 unspecified atom stereocenters. The number of nitrogens with one attached hydrogen (secondary N) is 1. The number of hydrogen-bond acceptors (Lipinski definition) is 6. The Balaban J connectivity index is 2.11. The van der Waals surface area contributed by atoms with Gasteiger partial charge in [0.25, 0.3) is 0 Å². The topological polar surface area (TPSA) is 63.8 Å². The molecule has 0 aliphatic heterocycles. The zero-order valence-electron chi connectivity index (χ0n) is 10.3. The molecular formula is C12H16N4S2. The first-order chi connectivity index (χ1) is 8.83. The van der Waals surface area contributed by atoms with Gasteiger partial charge in [0.1, 0.15) is 10.7 Å². The van der Waals surface area contributed by atoms with E-state index in [4.69, 9.17) is 5.84 Å². The molecule has 2 aromatic heterocycles. The van der Waals surface area contributed by atoms with Crippen molar-refractivity contribution < 1.29 is 0 Å². The van der Waals surface area contributed by atoms with E-state index < -0.39 is 0 Å². The van der Waals surface area contributed by atoms with Gasteiger partial charge in [0.15, 0.2) is 5.82 Å². The molecule has 0 atom stereocenters. The van der Waals surface area contributed by atoms with E-state index >= 15 is 0 Å². The summed E-state index contributed by atoms with van der Waals surface area (Å²) in [6.07, 6.45) is 3.56. The van der Waals surface area contributed by atoms with Crippen LogP contribution in [0.3, 0.4) is 0 Å². The summed E-state index contributed by atoms with van der Waals surface area (Å²) in [4.78, 5) is 11.8. The Hall–Kier alpha value is -0.850. The van der Waals surface area contributed by atoms with Crippen LogP contribution in [0.25, 0.3) is 10.2 Å². The van der Waals surface area contributed by atoms with Crippen LogP contribution in [0.2, 0.25) is 0 Å². The highest BCUT2D eigenvalue weighted by molar-refractivity contribution is 7.98. The lowest BCUT2D eigenvalue weighted by Crippen LogP contribution is -2.11. The average Bonchev–Trinajstić information content (AvgIpc) is 2.95. The summed E-state index contributed by atoms with van der Waals surface area (Å²) in [5, 5.41) is 1.15. The third-order valence-corrected chi connectivity index (χ3v) is 5.24. The van der Waals surface area contributed by atoms with Crippen molar-refractivity contribution in [2.24, 2.45) is 5.84 Å². The van der Waals surface area contributed by atoms with Crippen molar-refractivity contribution in [3.63, 3.8) is 0 Å². The van der Waals surface area contributed by atoms with E-state index in [0.717, 1.165) is 39.8 Å². The number of hydrazine groups is 1. The van der Waals surface area contributed by atoms with Gasteiger partial charge in [0.05, 0.1) is 11.1 Å². The third-order valence-electron chi connectivity index (χ3n) is 3.18. The van der Waals surface area contributed by atoms with Gasteiger partial charge >= 0.3 is 0 Å². The summed E-state index contributed by atoms with van der Waals surface area (Å²) in [5.41, 5.74) is 4.16. The van der Waals surface area contributed by atoms with E-state index in [9.17, 15) is 0 Å². The van der Waals surface area contributed by atoms with Gasteiger partial charge < -0.3 is 5.43 Å². The van der Waals surface area contributed by atoms with Gasteiger partial charge in [0.2, 0.25) is 0 Å². The zero-order chi connectivity index (χ0) is 12.5. The number of rotatable bonds is 4. The summed E-state index contributed by atoms with van der Waals surface area (Å²) in [6, 6.07) is 0. The number of thioether (sulfide) groups is 1. The Bertz CT molecular complexity index is 579. The molecule has 0 spiro atoms. The largest absolute Gasteiger partial charge is 0.308 e. The van der Waals surface area contributed by atoms with Crippen LogP contribution >= 0.6 is 23.1 Å². The number of aryl methyl sites for hydroxylation is 2. The lowest BCUT2D eigenvalue weighted by Gasteiger charge is -2.06. The van der Waals surface area contributed by atoms with Crippen LogP contribution in [0.15, 0.2) is 0 Å². The molecule has 0 bridgehead atoms. The molecule has 1 aliphatic carbocycles. The van der Waals surface area contributed by atoms with Crippen LogP contribution < -0.4 is 11.3 Å². The van der Waals surface area contributed by atoms with Gasteiger partial charge in [-0.1, -0.05) is 6.92 Å². The number of hydrogen-bond donors (Lipinski definition) is 2. The summed E-state index contributed by atoms with van der Waals surface area (Å²) in [6.45, 7) is 2.14. The first-order valence-corrected chi connectivity index (χ1v) is 8.16. The van der Waals surface area contributed by atoms with Crippen molar-refractivity contribution in [2.45, 2.75) is 31.9 Å². The lowest BCUT2D eigenvalue weighted by atomic mass is 10.2. The van der Waals surface area contributed by atoms with Crippen LogP contribution in [0, 0.1) is 0 Å². The molecule has 2 aromatic rings.